The van der Waals surface area contributed by atoms with Crippen LogP contribution < -0.4 is 14.8 Å². The molecule has 2 rings (SSSR count). The Morgan fingerprint density at radius 1 is 1.19 bits per heavy atom. The lowest BCUT2D eigenvalue weighted by Crippen LogP contribution is -2.39. The van der Waals surface area contributed by atoms with Crippen LogP contribution in [-0.2, 0) is 4.74 Å². The van der Waals surface area contributed by atoms with Crippen molar-refractivity contribution in [1.82, 2.24) is 10.2 Å². The molecule has 2 aromatic rings. The van der Waals surface area contributed by atoms with E-state index in [1.54, 1.807) is 32.4 Å². The number of amides is 2. The highest BCUT2D eigenvalue weighted by atomic mass is 16.5. The van der Waals surface area contributed by atoms with E-state index < -0.39 is 0 Å². The zero-order valence-corrected chi connectivity index (χ0v) is 16.5. The predicted octanol–water partition coefficient (Wildman–Crippen LogP) is 3.78. The summed E-state index contributed by atoms with van der Waals surface area (Å²) in [6, 6.07) is 8.71. The number of carbonyl (C=O) groups is 1. The van der Waals surface area contributed by atoms with Gasteiger partial charge in [-0.15, -0.1) is 0 Å². The van der Waals surface area contributed by atoms with E-state index in [-0.39, 0.29) is 18.1 Å². The molecule has 2 atom stereocenters. The van der Waals surface area contributed by atoms with E-state index >= 15 is 0 Å². The second-order valence-electron chi connectivity index (χ2n) is 6.23. The first kappa shape index (κ1) is 20.6. The van der Waals surface area contributed by atoms with Gasteiger partial charge in [0.15, 0.2) is 11.5 Å². The minimum absolute atomic E-state index is 0.168. The topological polar surface area (TPSA) is 73.2 Å². The molecule has 7 heteroatoms. The van der Waals surface area contributed by atoms with Crippen molar-refractivity contribution in [3.8, 4) is 11.5 Å². The fourth-order valence-electron chi connectivity index (χ4n) is 2.57. The lowest BCUT2D eigenvalue weighted by atomic mass is 10.1. The Hall–Kier alpha value is -2.67. The summed E-state index contributed by atoms with van der Waals surface area (Å²) in [6.07, 6.45) is 1.60. The van der Waals surface area contributed by atoms with E-state index in [0.717, 1.165) is 11.3 Å². The Morgan fingerprint density at radius 2 is 1.96 bits per heavy atom. The summed E-state index contributed by atoms with van der Waals surface area (Å²) in [5.41, 5.74) is 0.915. The fraction of sp³-hybridized carbons (Fsp3) is 0.450. The summed E-state index contributed by atoms with van der Waals surface area (Å²) < 4.78 is 21.4. The zero-order valence-electron chi connectivity index (χ0n) is 16.5. The van der Waals surface area contributed by atoms with Gasteiger partial charge in [-0.05, 0) is 43.7 Å². The van der Waals surface area contributed by atoms with Gasteiger partial charge < -0.3 is 28.8 Å². The number of nitrogens with zero attached hydrogens (tertiary/aromatic N) is 1. The highest BCUT2D eigenvalue weighted by Gasteiger charge is 2.21. The van der Waals surface area contributed by atoms with E-state index in [2.05, 4.69) is 5.32 Å². The molecule has 0 radical (unpaired) electrons. The standard InChI is InChI=1S/C20H28N2O5/c1-14(21-20(23)22(3)15(2)17-7-6-10-26-17)16-8-9-18(19(13-16)25-5)27-12-11-24-4/h6-10,13-15H,11-12H2,1-5H3,(H,21,23). The molecule has 0 aliphatic carbocycles. The van der Waals surface area contributed by atoms with Crippen molar-refractivity contribution in [2.24, 2.45) is 0 Å². The molecule has 0 fully saturated rings. The second-order valence-corrected chi connectivity index (χ2v) is 6.23. The molecule has 0 spiro atoms. The first-order chi connectivity index (χ1) is 13.0. The Morgan fingerprint density at radius 3 is 2.59 bits per heavy atom. The third kappa shape index (κ3) is 5.40. The van der Waals surface area contributed by atoms with Crippen LogP contribution in [0.25, 0.3) is 0 Å². The molecule has 148 valence electrons. The van der Waals surface area contributed by atoms with Crippen LogP contribution >= 0.6 is 0 Å². The third-order valence-corrected chi connectivity index (χ3v) is 4.43. The fourth-order valence-corrected chi connectivity index (χ4v) is 2.57. The smallest absolute Gasteiger partial charge is 0.318 e. The number of benzene rings is 1. The molecule has 1 aromatic heterocycles. The summed E-state index contributed by atoms with van der Waals surface area (Å²) in [7, 11) is 4.95. The molecule has 7 nitrogen and oxygen atoms in total. The number of furan rings is 1. The highest BCUT2D eigenvalue weighted by Crippen LogP contribution is 2.30. The van der Waals surface area contributed by atoms with Crippen molar-refractivity contribution in [1.29, 1.82) is 0 Å². The Bertz CT molecular complexity index is 717. The van der Waals surface area contributed by atoms with Crippen molar-refractivity contribution >= 4 is 6.03 Å². The average Bonchev–Trinajstić information content (AvgIpc) is 3.21. The number of carbonyl (C=O) groups excluding carboxylic acids is 1. The van der Waals surface area contributed by atoms with E-state index in [9.17, 15) is 4.79 Å². The van der Waals surface area contributed by atoms with E-state index in [1.165, 1.54) is 0 Å². The molecular formula is C20H28N2O5. The van der Waals surface area contributed by atoms with Gasteiger partial charge in [-0.3, -0.25) is 0 Å². The number of rotatable bonds is 9. The molecule has 1 aromatic carbocycles. The quantitative estimate of drug-likeness (QED) is 0.674. The normalized spacial score (nSPS) is 12.9. The van der Waals surface area contributed by atoms with Gasteiger partial charge in [0.1, 0.15) is 12.4 Å². The van der Waals surface area contributed by atoms with Gasteiger partial charge in [-0.25, -0.2) is 4.79 Å². The summed E-state index contributed by atoms with van der Waals surface area (Å²) in [5.74, 6) is 1.99. The molecule has 0 aliphatic rings. The van der Waals surface area contributed by atoms with Gasteiger partial charge in [0.25, 0.3) is 0 Å². The Balaban J connectivity index is 2.01. The van der Waals surface area contributed by atoms with Crippen LogP contribution in [-0.4, -0.2) is 45.4 Å². The van der Waals surface area contributed by atoms with E-state index in [1.807, 2.05) is 44.2 Å². The molecule has 0 saturated heterocycles. The van der Waals surface area contributed by atoms with Crippen LogP contribution in [0.1, 0.15) is 37.3 Å². The van der Waals surface area contributed by atoms with Gasteiger partial charge in [-0.1, -0.05) is 6.07 Å². The predicted molar refractivity (Wildman–Crippen MR) is 102 cm³/mol. The van der Waals surface area contributed by atoms with Crippen LogP contribution in [0.2, 0.25) is 0 Å². The molecule has 2 amide bonds. The molecular weight excluding hydrogens is 348 g/mol. The van der Waals surface area contributed by atoms with Crippen molar-refractivity contribution in [3.05, 3.63) is 47.9 Å². The maximum atomic E-state index is 12.6. The van der Waals surface area contributed by atoms with Crippen molar-refractivity contribution in [2.75, 3.05) is 34.5 Å². The molecule has 0 aliphatic heterocycles. The first-order valence-electron chi connectivity index (χ1n) is 8.84. The van der Waals surface area contributed by atoms with Crippen LogP contribution in [0.15, 0.2) is 41.0 Å². The molecule has 27 heavy (non-hydrogen) atoms. The van der Waals surface area contributed by atoms with Gasteiger partial charge in [0.05, 0.1) is 32.1 Å². The van der Waals surface area contributed by atoms with Crippen LogP contribution in [0.5, 0.6) is 11.5 Å². The van der Waals surface area contributed by atoms with Crippen LogP contribution in [0.4, 0.5) is 4.79 Å². The summed E-state index contributed by atoms with van der Waals surface area (Å²) in [5, 5.41) is 2.99. The first-order valence-corrected chi connectivity index (χ1v) is 8.84. The Kier molecular flexibility index (Phi) is 7.55. The number of hydrogen-bond acceptors (Lipinski definition) is 5. The highest BCUT2D eigenvalue weighted by molar-refractivity contribution is 5.74. The van der Waals surface area contributed by atoms with Crippen LogP contribution in [0, 0.1) is 0 Å². The number of ether oxygens (including phenoxy) is 3. The maximum absolute atomic E-state index is 12.6. The monoisotopic (exact) mass is 376 g/mol. The minimum atomic E-state index is -0.203. The minimum Gasteiger partial charge on any atom is -0.493 e. The lowest BCUT2D eigenvalue weighted by molar-refractivity contribution is 0.144. The second kappa shape index (κ2) is 9.87. The van der Waals surface area contributed by atoms with Gasteiger partial charge in [-0.2, -0.15) is 0 Å². The number of urea groups is 1. The zero-order chi connectivity index (χ0) is 19.8. The van der Waals surface area contributed by atoms with Gasteiger partial charge in [0.2, 0.25) is 0 Å². The van der Waals surface area contributed by atoms with E-state index in [4.69, 9.17) is 18.6 Å². The van der Waals surface area contributed by atoms with Gasteiger partial charge in [0, 0.05) is 14.2 Å². The number of hydrogen-bond donors (Lipinski definition) is 1. The summed E-state index contributed by atoms with van der Waals surface area (Å²) in [6.45, 7) is 4.77. The Labute approximate surface area is 160 Å². The van der Waals surface area contributed by atoms with Crippen molar-refractivity contribution in [3.63, 3.8) is 0 Å². The molecule has 0 bridgehead atoms. The maximum Gasteiger partial charge on any atom is 0.318 e. The van der Waals surface area contributed by atoms with Crippen LogP contribution in [0.3, 0.4) is 0 Å². The molecule has 1 heterocycles. The van der Waals surface area contributed by atoms with E-state index in [0.29, 0.717) is 24.7 Å². The molecule has 1 N–H and O–H groups in total. The summed E-state index contributed by atoms with van der Waals surface area (Å²) in [4.78, 5) is 14.2. The van der Waals surface area contributed by atoms with Crippen molar-refractivity contribution in [2.45, 2.75) is 25.9 Å². The van der Waals surface area contributed by atoms with Gasteiger partial charge >= 0.3 is 6.03 Å². The largest absolute Gasteiger partial charge is 0.493 e. The average molecular weight is 376 g/mol. The van der Waals surface area contributed by atoms with Crippen molar-refractivity contribution < 1.29 is 23.4 Å². The molecule has 0 saturated carbocycles. The third-order valence-electron chi connectivity index (χ3n) is 4.43. The molecule has 2 unspecified atom stereocenters. The number of nitrogens with one attached hydrogen (secondary N) is 1. The SMILES string of the molecule is COCCOc1ccc(C(C)NC(=O)N(C)C(C)c2ccco2)cc1OC. The number of methoxy groups -OCH3 is 2. The lowest BCUT2D eigenvalue weighted by Gasteiger charge is -2.26. The summed E-state index contributed by atoms with van der Waals surface area (Å²) >= 11 is 0.